The van der Waals surface area contributed by atoms with Crippen molar-refractivity contribution in [3.8, 4) is 0 Å². The highest BCUT2D eigenvalue weighted by Crippen LogP contribution is 2.21. The van der Waals surface area contributed by atoms with Gasteiger partial charge in [-0.3, -0.25) is 19.1 Å². The Kier molecular flexibility index (Phi) is 4.71. The van der Waals surface area contributed by atoms with Gasteiger partial charge in [-0.2, -0.15) is 0 Å². The summed E-state index contributed by atoms with van der Waals surface area (Å²) in [6.07, 6.45) is 0. The van der Waals surface area contributed by atoms with E-state index in [4.69, 9.17) is 14.3 Å². The van der Waals surface area contributed by atoms with Crippen molar-refractivity contribution >= 4 is 23.0 Å². The number of para-hydroxylation sites is 2. The zero-order valence-corrected chi connectivity index (χ0v) is 14.7. The largest absolute Gasteiger partial charge is 0.480 e. The SMILES string of the molecule is O=C(O)CN1C[C@@H]2COC[C@H](C1)N(C(=O)Cn1c(=O)oc3ccccc31)C2. The summed E-state index contributed by atoms with van der Waals surface area (Å²) in [6.45, 7) is 2.18. The minimum Gasteiger partial charge on any atom is -0.480 e. The van der Waals surface area contributed by atoms with Crippen LogP contribution in [0.25, 0.3) is 11.1 Å². The Morgan fingerprint density at radius 3 is 2.74 bits per heavy atom. The molecule has 4 rings (SSSR count). The van der Waals surface area contributed by atoms with Crippen LogP contribution in [0.1, 0.15) is 0 Å². The van der Waals surface area contributed by atoms with Crippen LogP contribution in [0.4, 0.5) is 0 Å². The Balaban J connectivity index is 1.57. The number of aromatic nitrogens is 1. The Hall–Kier alpha value is -2.65. The lowest BCUT2D eigenvalue weighted by Gasteiger charge is -2.30. The van der Waals surface area contributed by atoms with Gasteiger partial charge in [0, 0.05) is 25.6 Å². The van der Waals surface area contributed by atoms with E-state index in [1.807, 2.05) is 4.90 Å². The number of carboxylic acid groups (broad SMARTS) is 1. The van der Waals surface area contributed by atoms with Gasteiger partial charge < -0.3 is 19.2 Å². The molecule has 2 bridgehead atoms. The van der Waals surface area contributed by atoms with Crippen molar-refractivity contribution in [1.29, 1.82) is 0 Å². The van der Waals surface area contributed by atoms with E-state index in [1.54, 1.807) is 29.2 Å². The van der Waals surface area contributed by atoms with Crippen molar-refractivity contribution in [2.24, 2.45) is 5.92 Å². The van der Waals surface area contributed by atoms with Crippen LogP contribution in [0.3, 0.4) is 0 Å². The van der Waals surface area contributed by atoms with Crippen LogP contribution >= 0.6 is 0 Å². The van der Waals surface area contributed by atoms with Crippen molar-refractivity contribution < 1.29 is 23.8 Å². The lowest BCUT2D eigenvalue weighted by Crippen LogP contribution is -2.48. The predicted molar refractivity (Wildman–Crippen MR) is 94.4 cm³/mol. The number of carbonyl (C=O) groups is 2. The predicted octanol–water partition coefficient (Wildman–Crippen LogP) is -0.162. The Bertz CT molecular complexity index is 919. The smallest absolute Gasteiger partial charge is 0.420 e. The van der Waals surface area contributed by atoms with Crippen molar-refractivity contribution in [2.75, 3.05) is 39.4 Å². The summed E-state index contributed by atoms with van der Waals surface area (Å²) in [5.74, 6) is -1.60. The van der Waals surface area contributed by atoms with E-state index in [-0.39, 0.29) is 31.0 Å². The molecule has 0 saturated carbocycles. The first-order chi connectivity index (χ1) is 13.0. The average Bonchev–Trinajstić information content (AvgIpc) is 2.75. The number of carboxylic acids is 1. The molecule has 9 nitrogen and oxygen atoms in total. The monoisotopic (exact) mass is 375 g/mol. The second-order valence-corrected chi connectivity index (χ2v) is 7.11. The molecule has 0 radical (unpaired) electrons. The number of nitrogens with zero attached hydrogens (tertiary/aromatic N) is 3. The fourth-order valence-electron chi connectivity index (χ4n) is 3.96. The highest BCUT2D eigenvalue weighted by molar-refractivity contribution is 5.80. The molecule has 0 spiro atoms. The highest BCUT2D eigenvalue weighted by atomic mass is 16.5. The molecule has 1 aromatic heterocycles. The number of hydrogen-bond acceptors (Lipinski definition) is 6. The number of aliphatic carboxylic acids is 1. The summed E-state index contributed by atoms with van der Waals surface area (Å²) < 4.78 is 12.2. The van der Waals surface area contributed by atoms with Gasteiger partial charge in [0.1, 0.15) is 6.54 Å². The van der Waals surface area contributed by atoms with Crippen molar-refractivity contribution in [3.05, 3.63) is 34.8 Å². The zero-order chi connectivity index (χ0) is 19.0. The minimum atomic E-state index is -0.884. The van der Waals surface area contributed by atoms with Gasteiger partial charge in [0.25, 0.3) is 0 Å². The van der Waals surface area contributed by atoms with Gasteiger partial charge in [-0.1, -0.05) is 12.1 Å². The third kappa shape index (κ3) is 3.60. The molecule has 2 saturated heterocycles. The molecular weight excluding hydrogens is 354 g/mol. The number of benzene rings is 1. The van der Waals surface area contributed by atoms with Gasteiger partial charge in [-0.05, 0) is 12.1 Å². The van der Waals surface area contributed by atoms with Crippen LogP contribution in [0.5, 0.6) is 0 Å². The number of fused-ring (bicyclic) bond motifs is 4. The van der Waals surface area contributed by atoms with E-state index >= 15 is 0 Å². The van der Waals surface area contributed by atoms with E-state index in [0.29, 0.717) is 43.9 Å². The Labute approximate surface area is 154 Å². The summed E-state index contributed by atoms with van der Waals surface area (Å²) >= 11 is 0. The van der Waals surface area contributed by atoms with E-state index in [2.05, 4.69) is 0 Å². The van der Waals surface area contributed by atoms with Crippen LogP contribution in [0.15, 0.2) is 33.5 Å². The minimum absolute atomic E-state index is 0.0404. The maximum atomic E-state index is 13.0. The van der Waals surface area contributed by atoms with Gasteiger partial charge in [0.05, 0.1) is 31.3 Å². The molecule has 2 aliphatic heterocycles. The average molecular weight is 375 g/mol. The van der Waals surface area contributed by atoms with Gasteiger partial charge in [-0.25, -0.2) is 4.79 Å². The van der Waals surface area contributed by atoms with Crippen LogP contribution in [0, 0.1) is 5.92 Å². The summed E-state index contributed by atoms with van der Waals surface area (Å²) in [7, 11) is 0. The topological polar surface area (TPSA) is 105 Å². The van der Waals surface area contributed by atoms with Crippen LogP contribution < -0.4 is 5.76 Å². The lowest BCUT2D eigenvalue weighted by atomic mass is 10.1. The van der Waals surface area contributed by atoms with Crippen LogP contribution in [0.2, 0.25) is 0 Å². The maximum absolute atomic E-state index is 13.0. The maximum Gasteiger partial charge on any atom is 0.420 e. The van der Waals surface area contributed by atoms with E-state index in [0.717, 1.165) is 0 Å². The molecule has 1 N–H and O–H groups in total. The molecule has 27 heavy (non-hydrogen) atoms. The first-order valence-electron chi connectivity index (χ1n) is 8.91. The molecule has 2 atom stereocenters. The van der Waals surface area contributed by atoms with Gasteiger partial charge in [0.15, 0.2) is 5.58 Å². The third-order valence-electron chi connectivity index (χ3n) is 5.09. The van der Waals surface area contributed by atoms with Gasteiger partial charge in [-0.15, -0.1) is 0 Å². The summed E-state index contributed by atoms with van der Waals surface area (Å²) in [6, 6.07) is 6.75. The summed E-state index contributed by atoms with van der Waals surface area (Å²) in [4.78, 5) is 39.8. The van der Waals surface area contributed by atoms with E-state index in [9.17, 15) is 14.4 Å². The Morgan fingerprint density at radius 1 is 1.11 bits per heavy atom. The van der Waals surface area contributed by atoms with Gasteiger partial charge in [0.2, 0.25) is 5.91 Å². The highest BCUT2D eigenvalue weighted by Gasteiger charge is 2.36. The molecule has 2 aliphatic rings. The second-order valence-electron chi connectivity index (χ2n) is 7.11. The summed E-state index contributed by atoms with van der Waals surface area (Å²) in [5.41, 5.74) is 1.03. The number of rotatable bonds is 4. The molecule has 1 aromatic carbocycles. The summed E-state index contributed by atoms with van der Waals surface area (Å²) in [5, 5.41) is 9.10. The molecule has 3 heterocycles. The number of hydrogen-bond donors (Lipinski definition) is 1. The standard InChI is InChI=1S/C18H21N3O6/c22-16(8-21-14-3-1-2-4-15(14)27-18(21)25)20-6-12-5-19(9-17(23)24)7-13(20)11-26-10-12/h1-4,12-13H,5-11H2,(H,23,24)/t12-,13-/m0/s1. The first-order valence-corrected chi connectivity index (χ1v) is 8.91. The molecular formula is C18H21N3O6. The number of carbonyl (C=O) groups excluding carboxylic acids is 1. The molecule has 2 aromatic rings. The van der Waals surface area contributed by atoms with Crippen molar-refractivity contribution in [3.63, 3.8) is 0 Å². The molecule has 9 heteroatoms. The molecule has 0 unspecified atom stereocenters. The van der Waals surface area contributed by atoms with Crippen LogP contribution in [-0.2, 0) is 20.9 Å². The number of amides is 1. The van der Waals surface area contributed by atoms with Crippen molar-refractivity contribution in [1.82, 2.24) is 14.4 Å². The number of oxazole rings is 1. The Morgan fingerprint density at radius 2 is 1.93 bits per heavy atom. The zero-order valence-electron chi connectivity index (χ0n) is 14.7. The number of ether oxygens (including phenoxy) is 1. The molecule has 1 amide bonds. The first kappa shape index (κ1) is 17.7. The lowest BCUT2D eigenvalue weighted by molar-refractivity contribution is -0.138. The molecule has 2 fully saturated rings. The third-order valence-corrected chi connectivity index (χ3v) is 5.09. The fourth-order valence-corrected chi connectivity index (χ4v) is 3.96. The van der Waals surface area contributed by atoms with Crippen LogP contribution in [-0.4, -0.2) is 76.8 Å². The van der Waals surface area contributed by atoms with E-state index < -0.39 is 11.7 Å². The fraction of sp³-hybridized carbons (Fsp3) is 0.500. The molecule has 144 valence electrons. The van der Waals surface area contributed by atoms with Crippen molar-refractivity contribution in [2.45, 2.75) is 12.6 Å². The second kappa shape index (κ2) is 7.16. The molecule has 0 aliphatic carbocycles. The normalized spacial score (nSPS) is 23.3. The quantitative estimate of drug-likeness (QED) is 0.791. The van der Waals surface area contributed by atoms with Gasteiger partial charge >= 0.3 is 11.7 Å². The van der Waals surface area contributed by atoms with E-state index in [1.165, 1.54) is 4.57 Å².